The normalized spacial score (nSPS) is 15.9. The van der Waals surface area contributed by atoms with Crippen molar-refractivity contribution in [3.63, 3.8) is 0 Å². The standard InChI is InChI=1S/C45H30N2O/c1-2-13-29(14-3-1)30-25-27-31(28-26-30)44-46-39-22-9-5-16-33(39)43(47-44)34-17-12-21-38-42(34)32-15-4-6-18-35(32)45(38)36-19-7-10-23-40(36)48-41-24-11-8-20-37(41)45/h1-28,44,46H. The Hall–Kier alpha value is -6.19. The van der Waals surface area contributed by atoms with Gasteiger partial charge in [0.05, 0.1) is 11.1 Å². The van der Waals surface area contributed by atoms with Gasteiger partial charge in [-0.2, -0.15) is 0 Å². The molecule has 1 spiro atoms. The van der Waals surface area contributed by atoms with Crippen LogP contribution in [-0.2, 0) is 5.41 Å². The van der Waals surface area contributed by atoms with Crippen LogP contribution in [0, 0.1) is 0 Å². The lowest BCUT2D eigenvalue weighted by molar-refractivity contribution is 0.436. The van der Waals surface area contributed by atoms with E-state index >= 15 is 0 Å². The number of benzene rings is 7. The molecule has 1 N–H and O–H groups in total. The molecule has 1 atom stereocenters. The first-order chi connectivity index (χ1) is 23.8. The van der Waals surface area contributed by atoms with Crippen LogP contribution in [0.4, 0.5) is 5.69 Å². The summed E-state index contributed by atoms with van der Waals surface area (Å²) in [5.41, 5.74) is 14.6. The number of para-hydroxylation sites is 3. The zero-order chi connectivity index (χ0) is 31.7. The summed E-state index contributed by atoms with van der Waals surface area (Å²) < 4.78 is 6.55. The van der Waals surface area contributed by atoms with Gasteiger partial charge < -0.3 is 10.1 Å². The highest BCUT2D eigenvalue weighted by Gasteiger charge is 2.51. The minimum Gasteiger partial charge on any atom is -0.457 e. The maximum atomic E-state index is 6.55. The topological polar surface area (TPSA) is 33.6 Å². The van der Waals surface area contributed by atoms with Crippen LogP contribution in [-0.4, -0.2) is 5.71 Å². The van der Waals surface area contributed by atoms with Gasteiger partial charge >= 0.3 is 0 Å². The fraction of sp³-hybridized carbons (Fsp3) is 0.0444. The quantitative estimate of drug-likeness (QED) is 0.215. The Morgan fingerprint density at radius 3 is 1.77 bits per heavy atom. The molecule has 3 nitrogen and oxygen atoms in total. The highest BCUT2D eigenvalue weighted by atomic mass is 16.5. The Bertz CT molecular complexity index is 2360. The SMILES string of the molecule is c1ccc(-c2ccc(C3N=C(c4cccc5c4-c4ccccc4C54c5ccccc5Oc5ccccc54)c4ccccc4N3)cc2)cc1. The summed E-state index contributed by atoms with van der Waals surface area (Å²) in [6, 6.07) is 60.6. The smallest absolute Gasteiger partial charge is 0.145 e. The lowest BCUT2D eigenvalue weighted by Crippen LogP contribution is -2.32. The third-order valence-corrected chi connectivity index (χ3v) is 10.2. The molecule has 3 aliphatic rings. The van der Waals surface area contributed by atoms with Crippen molar-refractivity contribution < 1.29 is 4.74 Å². The second-order valence-electron chi connectivity index (χ2n) is 12.7. The number of hydrogen-bond acceptors (Lipinski definition) is 3. The largest absolute Gasteiger partial charge is 0.457 e. The van der Waals surface area contributed by atoms with Crippen molar-refractivity contribution in [2.45, 2.75) is 11.6 Å². The van der Waals surface area contributed by atoms with E-state index in [2.05, 4.69) is 175 Å². The van der Waals surface area contributed by atoms with Crippen molar-refractivity contribution in [1.82, 2.24) is 0 Å². The number of nitrogens with zero attached hydrogens (tertiary/aromatic N) is 1. The van der Waals surface area contributed by atoms with Gasteiger partial charge in [-0.3, -0.25) is 4.99 Å². The molecule has 0 aromatic heterocycles. The molecule has 2 aliphatic heterocycles. The first-order valence-corrected chi connectivity index (χ1v) is 16.5. The Morgan fingerprint density at radius 1 is 0.458 bits per heavy atom. The van der Waals surface area contributed by atoms with E-state index in [4.69, 9.17) is 9.73 Å². The third-order valence-electron chi connectivity index (χ3n) is 10.2. The predicted molar refractivity (Wildman–Crippen MR) is 194 cm³/mol. The van der Waals surface area contributed by atoms with Gasteiger partial charge in [0.15, 0.2) is 0 Å². The minimum absolute atomic E-state index is 0.231. The molecule has 0 saturated heterocycles. The third kappa shape index (κ3) is 3.79. The van der Waals surface area contributed by atoms with Crippen LogP contribution in [0.5, 0.6) is 11.5 Å². The number of fused-ring (bicyclic) bond motifs is 10. The molecule has 0 radical (unpaired) electrons. The highest BCUT2D eigenvalue weighted by molar-refractivity contribution is 6.21. The predicted octanol–water partition coefficient (Wildman–Crippen LogP) is 10.8. The fourth-order valence-corrected chi connectivity index (χ4v) is 8.15. The summed E-state index contributed by atoms with van der Waals surface area (Å²) in [5.74, 6) is 1.79. The van der Waals surface area contributed by atoms with Crippen LogP contribution in [0.2, 0.25) is 0 Å². The van der Waals surface area contributed by atoms with Gasteiger partial charge in [-0.15, -0.1) is 0 Å². The van der Waals surface area contributed by atoms with Crippen LogP contribution in [0.1, 0.15) is 45.1 Å². The molecule has 1 unspecified atom stereocenters. The molecule has 0 amide bonds. The van der Waals surface area contributed by atoms with Gasteiger partial charge in [0, 0.05) is 27.9 Å². The molecule has 10 rings (SSSR count). The van der Waals surface area contributed by atoms with E-state index < -0.39 is 5.41 Å². The summed E-state index contributed by atoms with van der Waals surface area (Å²) >= 11 is 0. The van der Waals surface area contributed by atoms with Crippen molar-refractivity contribution in [1.29, 1.82) is 0 Å². The number of nitrogens with one attached hydrogen (secondary N) is 1. The van der Waals surface area contributed by atoms with Crippen molar-refractivity contribution in [3.05, 3.63) is 209 Å². The average Bonchev–Trinajstić information content (AvgIpc) is 3.46. The van der Waals surface area contributed by atoms with E-state index in [9.17, 15) is 0 Å². The molecule has 48 heavy (non-hydrogen) atoms. The zero-order valence-corrected chi connectivity index (χ0v) is 26.1. The Morgan fingerprint density at radius 2 is 1.02 bits per heavy atom. The molecule has 0 bridgehead atoms. The second-order valence-corrected chi connectivity index (χ2v) is 12.7. The van der Waals surface area contributed by atoms with Crippen molar-refractivity contribution in [3.8, 4) is 33.8 Å². The molecule has 2 heterocycles. The van der Waals surface area contributed by atoms with Crippen LogP contribution in [0.3, 0.4) is 0 Å². The molecule has 7 aromatic rings. The van der Waals surface area contributed by atoms with Crippen LogP contribution in [0.15, 0.2) is 175 Å². The lowest BCUT2D eigenvalue weighted by atomic mass is 9.66. The number of aliphatic imine (C=N–C) groups is 1. The van der Waals surface area contributed by atoms with E-state index in [-0.39, 0.29) is 6.17 Å². The fourth-order valence-electron chi connectivity index (χ4n) is 8.15. The van der Waals surface area contributed by atoms with E-state index in [1.807, 2.05) is 0 Å². The first kappa shape index (κ1) is 27.0. The Kier molecular flexibility index (Phi) is 5.85. The summed E-state index contributed by atoms with van der Waals surface area (Å²) in [7, 11) is 0. The van der Waals surface area contributed by atoms with Gasteiger partial charge in [-0.25, -0.2) is 0 Å². The first-order valence-electron chi connectivity index (χ1n) is 16.5. The van der Waals surface area contributed by atoms with Gasteiger partial charge in [0.25, 0.3) is 0 Å². The van der Waals surface area contributed by atoms with E-state index in [1.165, 1.54) is 33.4 Å². The summed E-state index contributed by atoms with van der Waals surface area (Å²) in [5, 5.41) is 3.74. The van der Waals surface area contributed by atoms with Crippen LogP contribution in [0.25, 0.3) is 22.3 Å². The van der Waals surface area contributed by atoms with Gasteiger partial charge in [0.2, 0.25) is 0 Å². The van der Waals surface area contributed by atoms with Gasteiger partial charge in [0.1, 0.15) is 17.7 Å². The van der Waals surface area contributed by atoms with Gasteiger partial charge in [-0.05, 0) is 57.1 Å². The molecule has 0 saturated carbocycles. The Balaban J connectivity index is 1.20. The molecule has 1 aliphatic carbocycles. The minimum atomic E-state index is -0.521. The van der Waals surface area contributed by atoms with Crippen LogP contribution < -0.4 is 10.1 Å². The summed E-state index contributed by atoms with van der Waals surface area (Å²) in [4.78, 5) is 5.52. The number of hydrogen-bond donors (Lipinski definition) is 1. The summed E-state index contributed by atoms with van der Waals surface area (Å²) in [6.07, 6.45) is -0.231. The molecule has 7 aromatic carbocycles. The molecule has 3 heteroatoms. The highest BCUT2D eigenvalue weighted by Crippen LogP contribution is 2.62. The Labute approximate surface area is 279 Å². The van der Waals surface area contributed by atoms with Crippen LogP contribution >= 0.6 is 0 Å². The maximum absolute atomic E-state index is 6.55. The lowest BCUT2D eigenvalue weighted by Gasteiger charge is -2.39. The maximum Gasteiger partial charge on any atom is 0.145 e. The van der Waals surface area contributed by atoms with E-state index in [1.54, 1.807) is 0 Å². The zero-order valence-electron chi connectivity index (χ0n) is 26.1. The van der Waals surface area contributed by atoms with Crippen molar-refractivity contribution in [2.75, 3.05) is 5.32 Å². The molecule has 226 valence electrons. The monoisotopic (exact) mass is 614 g/mol. The molecular formula is C45H30N2O. The van der Waals surface area contributed by atoms with Gasteiger partial charge in [-0.1, -0.05) is 152 Å². The van der Waals surface area contributed by atoms with E-state index in [0.29, 0.717) is 0 Å². The molecular weight excluding hydrogens is 585 g/mol. The number of rotatable bonds is 3. The molecule has 0 fully saturated rings. The van der Waals surface area contributed by atoms with Crippen molar-refractivity contribution >= 4 is 11.4 Å². The average molecular weight is 615 g/mol. The van der Waals surface area contributed by atoms with Crippen molar-refractivity contribution in [2.24, 2.45) is 4.99 Å². The number of ether oxygens (including phenoxy) is 1. The summed E-state index contributed by atoms with van der Waals surface area (Å²) in [6.45, 7) is 0. The van der Waals surface area contributed by atoms with E-state index in [0.717, 1.165) is 50.7 Å². The second kappa shape index (κ2) is 10.4. The number of anilines is 1.